The topological polar surface area (TPSA) is 92.8 Å². The fourth-order valence-electron chi connectivity index (χ4n) is 3.13. The van der Waals surface area contributed by atoms with Crippen LogP contribution in [0.5, 0.6) is 0 Å². The average molecular weight is 394 g/mol. The van der Waals surface area contributed by atoms with E-state index in [1.165, 1.54) is 0 Å². The molecule has 0 aliphatic carbocycles. The van der Waals surface area contributed by atoms with Gasteiger partial charge in [0.15, 0.2) is 6.61 Å². The van der Waals surface area contributed by atoms with E-state index >= 15 is 0 Å². The summed E-state index contributed by atoms with van der Waals surface area (Å²) in [6, 6.07) is 17.1. The SMILES string of the molecule is O=C(C[C@@H](NC(=O)c1ccccc1)c1ccccc1)OCC(=O)N1CCCC1=O. The molecule has 1 saturated heterocycles. The number of amides is 3. The van der Waals surface area contributed by atoms with Crippen LogP contribution in [-0.4, -0.2) is 41.7 Å². The second-order valence-electron chi connectivity index (χ2n) is 6.71. The maximum absolute atomic E-state index is 12.5. The third-order valence-electron chi connectivity index (χ3n) is 4.65. The second-order valence-corrected chi connectivity index (χ2v) is 6.71. The molecule has 2 aromatic carbocycles. The van der Waals surface area contributed by atoms with Crippen molar-refractivity contribution in [3.63, 3.8) is 0 Å². The molecule has 1 N–H and O–H groups in total. The molecule has 7 heteroatoms. The number of nitrogens with zero attached hydrogens (tertiary/aromatic N) is 1. The van der Waals surface area contributed by atoms with Gasteiger partial charge in [0, 0.05) is 18.5 Å². The molecule has 0 radical (unpaired) electrons. The normalized spacial score (nSPS) is 14.3. The van der Waals surface area contributed by atoms with Crippen molar-refractivity contribution in [3.8, 4) is 0 Å². The highest BCUT2D eigenvalue weighted by Gasteiger charge is 2.27. The van der Waals surface area contributed by atoms with E-state index in [0.717, 1.165) is 10.5 Å². The van der Waals surface area contributed by atoms with E-state index in [4.69, 9.17) is 4.74 Å². The molecule has 1 aliphatic heterocycles. The van der Waals surface area contributed by atoms with Crippen LogP contribution in [0, 0.1) is 0 Å². The number of hydrogen-bond acceptors (Lipinski definition) is 5. The van der Waals surface area contributed by atoms with Gasteiger partial charge in [0.1, 0.15) is 0 Å². The third-order valence-corrected chi connectivity index (χ3v) is 4.65. The number of imide groups is 1. The van der Waals surface area contributed by atoms with Crippen LogP contribution in [-0.2, 0) is 19.1 Å². The first-order valence-corrected chi connectivity index (χ1v) is 9.44. The van der Waals surface area contributed by atoms with E-state index in [1.54, 1.807) is 36.4 Å². The number of carbonyl (C=O) groups is 4. The van der Waals surface area contributed by atoms with Crippen LogP contribution in [0.15, 0.2) is 60.7 Å². The molecule has 1 atom stereocenters. The Labute approximate surface area is 168 Å². The first-order chi connectivity index (χ1) is 14.0. The smallest absolute Gasteiger partial charge is 0.308 e. The van der Waals surface area contributed by atoms with Crippen molar-refractivity contribution in [2.45, 2.75) is 25.3 Å². The van der Waals surface area contributed by atoms with Gasteiger partial charge in [-0.2, -0.15) is 0 Å². The molecule has 1 heterocycles. The Morgan fingerprint density at radius 1 is 1.00 bits per heavy atom. The van der Waals surface area contributed by atoms with Gasteiger partial charge in [-0.05, 0) is 24.1 Å². The summed E-state index contributed by atoms with van der Waals surface area (Å²) in [4.78, 5) is 49.6. The summed E-state index contributed by atoms with van der Waals surface area (Å²) in [5.74, 6) is -1.72. The molecule has 3 rings (SSSR count). The zero-order valence-electron chi connectivity index (χ0n) is 15.9. The number of rotatable bonds is 7. The molecule has 0 unspecified atom stereocenters. The molecule has 0 aromatic heterocycles. The van der Waals surface area contributed by atoms with Gasteiger partial charge in [0.05, 0.1) is 12.5 Å². The fourth-order valence-corrected chi connectivity index (χ4v) is 3.13. The van der Waals surface area contributed by atoms with Crippen molar-refractivity contribution in [1.82, 2.24) is 10.2 Å². The molecule has 0 bridgehead atoms. The Morgan fingerprint density at radius 3 is 2.28 bits per heavy atom. The minimum absolute atomic E-state index is 0.135. The Morgan fingerprint density at radius 2 is 1.66 bits per heavy atom. The summed E-state index contributed by atoms with van der Waals surface area (Å²) >= 11 is 0. The molecule has 2 aromatic rings. The number of likely N-dealkylation sites (tertiary alicyclic amines) is 1. The number of hydrogen-bond donors (Lipinski definition) is 1. The molecule has 0 spiro atoms. The zero-order chi connectivity index (χ0) is 20.6. The van der Waals surface area contributed by atoms with Crippen molar-refractivity contribution >= 4 is 23.7 Å². The lowest BCUT2D eigenvalue weighted by atomic mass is 10.0. The minimum Gasteiger partial charge on any atom is -0.455 e. The molecule has 7 nitrogen and oxygen atoms in total. The van der Waals surface area contributed by atoms with Gasteiger partial charge in [-0.3, -0.25) is 24.1 Å². The van der Waals surface area contributed by atoms with Crippen LogP contribution >= 0.6 is 0 Å². The molecular weight excluding hydrogens is 372 g/mol. The minimum atomic E-state index is -0.632. The van der Waals surface area contributed by atoms with Crippen molar-refractivity contribution in [1.29, 1.82) is 0 Å². The summed E-state index contributed by atoms with van der Waals surface area (Å²) in [6.45, 7) is -0.131. The van der Waals surface area contributed by atoms with E-state index in [0.29, 0.717) is 24.9 Å². The van der Waals surface area contributed by atoms with Gasteiger partial charge in [-0.25, -0.2) is 0 Å². The van der Waals surface area contributed by atoms with Gasteiger partial charge in [0.25, 0.3) is 11.8 Å². The highest BCUT2D eigenvalue weighted by atomic mass is 16.5. The van der Waals surface area contributed by atoms with E-state index in [1.807, 2.05) is 24.3 Å². The second kappa shape index (κ2) is 9.64. The van der Waals surface area contributed by atoms with Crippen LogP contribution in [0.2, 0.25) is 0 Å². The van der Waals surface area contributed by atoms with Gasteiger partial charge >= 0.3 is 5.97 Å². The first-order valence-electron chi connectivity index (χ1n) is 9.44. The van der Waals surface area contributed by atoms with Gasteiger partial charge in [-0.1, -0.05) is 48.5 Å². The lowest BCUT2D eigenvalue weighted by Gasteiger charge is -2.19. The zero-order valence-corrected chi connectivity index (χ0v) is 15.9. The number of ether oxygens (including phenoxy) is 1. The molecular formula is C22H22N2O5. The van der Waals surface area contributed by atoms with Crippen molar-refractivity contribution in [3.05, 3.63) is 71.8 Å². The first kappa shape index (κ1) is 20.3. The Hall–Kier alpha value is -3.48. The van der Waals surface area contributed by atoms with Crippen LogP contribution in [0.4, 0.5) is 0 Å². The summed E-state index contributed by atoms with van der Waals surface area (Å²) < 4.78 is 5.07. The summed E-state index contributed by atoms with van der Waals surface area (Å²) in [7, 11) is 0. The molecule has 1 fully saturated rings. The molecule has 0 saturated carbocycles. The largest absolute Gasteiger partial charge is 0.455 e. The maximum Gasteiger partial charge on any atom is 0.308 e. The maximum atomic E-state index is 12.5. The molecule has 150 valence electrons. The Bertz CT molecular complexity index is 883. The number of esters is 1. The van der Waals surface area contributed by atoms with E-state index in [9.17, 15) is 19.2 Å². The van der Waals surface area contributed by atoms with Gasteiger partial charge in [0.2, 0.25) is 5.91 Å². The monoisotopic (exact) mass is 394 g/mol. The molecule has 3 amide bonds. The lowest BCUT2D eigenvalue weighted by molar-refractivity contribution is -0.155. The number of benzene rings is 2. The fraction of sp³-hybridized carbons (Fsp3) is 0.273. The number of nitrogens with one attached hydrogen (secondary N) is 1. The van der Waals surface area contributed by atoms with E-state index in [-0.39, 0.29) is 18.2 Å². The van der Waals surface area contributed by atoms with Crippen LogP contribution in [0.1, 0.15) is 41.2 Å². The van der Waals surface area contributed by atoms with Crippen LogP contribution in [0.3, 0.4) is 0 Å². The summed E-state index contributed by atoms with van der Waals surface area (Å²) in [6.07, 6.45) is 0.825. The highest BCUT2D eigenvalue weighted by Crippen LogP contribution is 2.18. The van der Waals surface area contributed by atoms with Crippen LogP contribution in [0.25, 0.3) is 0 Å². The standard InChI is InChI=1S/C22H22N2O5/c25-19-12-7-13-24(19)20(26)15-29-21(27)14-18(16-8-3-1-4-9-16)23-22(28)17-10-5-2-6-11-17/h1-6,8-11,18H,7,12-15H2,(H,23,28)/t18-/m1/s1. The van der Waals surface area contributed by atoms with E-state index in [2.05, 4.69) is 5.32 Å². The quantitative estimate of drug-likeness (QED) is 0.727. The van der Waals surface area contributed by atoms with E-state index < -0.39 is 24.5 Å². The summed E-state index contributed by atoms with van der Waals surface area (Å²) in [5.41, 5.74) is 1.22. The Balaban J connectivity index is 1.62. The molecule has 29 heavy (non-hydrogen) atoms. The Kier molecular flexibility index (Phi) is 6.73. The lowest BCUT2D eigenvalue weighted by Crippen LogP contribution is -2.36. The van der Waals surface area contributed by atoms with Gasteiger partial charge in [-0.15, -0.1) is 0 Å². The third kappa shape index (κ3) is 5.51. The van der Waals surface area contributed by atoms with Crippen molar-refractivity contribution < 1.29 is 23.9 Å². The van der Waals surface area contributed by atoms with Crippen molar-refractivity contribution in [2.75, 3.05) is 13.2 Å². The highest BCUT2D eigenvalue weighted by molar-refractivity contribution is 5.98. The summed E-state index contributed by atoms with van der Waals surface area (Å²) in [5, 5.41) is 2.84. The van der Waals surface area contributed by atoms with Crippen LogP contribution < -0.4 is 5.32 Å². The number of carbonyl (C=O) groups excluding carboxylic acids is 4. The van der Waals surface area contributed by atoms with Crippen molar-refractivity contribution in [2.24, 2.45) is 0 Å². The van der Waals surface area contributed by atoms with Gasteiger partial charge < -0.3 is 10.1 Å². The average Bonchev–Trinajstić information content (AvgIpc) is 3.18. The predicted octanol–water partition coefficient (Wildman–Crippen LogP) is 2.24. The predicted molar refractivity (Wildman–Crippen MR) is 105 cm³/mol. The molecule has 1 aliphatic rings.